The molecule has 83 heavy (non-hydrogen) atoms. The molecule has 0 heterocycles. The highest BCUT2D eigenvalue weighted by atomic mass is 16.7. The molecule has 0 aromatic carbocycles. The van der Waals surface area contributed by atoms with Gasteiger partial charge in [-0.05, 0) is 96.3 Å². The minimum atomic E-state index is -1.52. The first kappa shape index (κ1) is 79.2. The summed E-state index contributed by atoms with van der Waals surface area (Å²) >= 11 is 0. The van der Waals surface area contributed by atoms with Crippen LogP contribution in [0.2, 0.25) is 0 Å². The van der Waals surface area contributed by atoms with E-state index in [9.17, 15) is 19.5 Å². The number of likely N-dealkylation sites (N-methyl/N-ethyl adjacent to an activating group) is 1. The number of rotatable bonds is 63. The lowest BCUT2D eigenvalue weighted by atomic mass is 10.0. The molecule has 0 aliphatic rings. The molecule has 0 aromatic heterocycles. The molecule has 0 aliphatic carbocycles. The number of hydrogen-bond acceptors (Lipinski definition) is 7. The van der Waals surface area contributed by atoms with Crippen molar-refractivity contribution in [3.8, 4) is 0 Å². The molecule has 1 N–H and O–H groups in total. The van der Waals surface area contributed by atoms with Gasteiger partial charge in [0.2, 0.25) is 0 Å². The topological polar surface area (TPSA) is 108 Å². The zero-order valence-electron chi connectivity index (χ0n) is 54.6. The fraction of sp³-hybridized carbons (Fsp3) is 0.743. The van der Waals surface area contributed by atoms with E-state index in [-0.39, 0.29) is 32.2 Å². The summed E-state index contributed by atoms with van der Waals surface area (Å²) in [5.41, 5.74) is 0. The Morgan fingerprint density at radius 3 is 1.02 bits per heavy atom. The van der Waals surface area contributed by atoms with Crippen LogP contribution in [-0.4, -0.2) is 87.4 Å². The molecule has 0 fully saturated rings. The quantitative estimate of drug-likeness (QED) is 0.0211. The summed E-state index contributed by atoms with van der Waals surface area (Å²) in [4.78, 5) is 37.6. The van der Waals surface area contributed by atoms with Gasteiger partial charge in [0.15, 0.2) is 6.10 Å². The molecule has 0 bridgehead atoms. The zero-order chi connectivity index (χ0) is 60.5. The van der Waals surface area contributed by atoms with Gasteiger partial charge >= 0.3 is 17.9 Å². The number of allylic oxidation sites excluding steroid dienone is 16. The van der Waals surface area contributed by atoms with Gasteiger partial charge in [-0.15, -0.1) is 0 Å². The maximum absolute atomic E-state index is 12.9. The van der Waals surface area contributed by atoms with E-state index in [0.29, 0.717) is 23.9 Å². The number of carboxylic acid groups (broad SMARTS) is 1. The summed E-state index contributed by atoms with van der Waals surface area (Å²) in [5.74, 6) is -2.00. The van der Waals surface area contributed by atoms with Gasteiger partial charge in [0.05, 0.1) is 34.4 Å². The third-order valence-corrected chi connectivity index (χ3v) is 14.8. The van der Waals surface area contributed by atoms with Gasteiger partial charge in [-0.3, -0.25) is 9.59 Å². The summed E-state index contributed by atoms with van der Waals surface area (Å²) in [6, 6.07) is 0. The number of carbonyl (C=O) groups is 3. The summed E-state index contributed by atoms with van der Waals surface area (Å²) in [6.07, 6.45) is 85.1. The molecule has 0 saturated heterocycles. The van der Waals surface area contributed by atoms with Crippen molar-refractivity contribution in [1.29, 1.82) is 0 Å². The molecule has 9 nitrogen and oxygen atoms in total. The van der Waals surface area contributed by atoms with E-state index in [0.717, 1.165) is 89.9 Å². The summed E-state index contributed by atoms with van der Waals surface area (Å²) in [7, 11) is 5.98. The lowest BCUT2D eigenvalue weighted by Gasteiger charge is -2.25. The van der Waals surface area contributed by atoms with Gasteiger partial charge in [0, 0.05) is 12.8 Å². The van der Waals surface area contributed by atoms with Crippen LogP contribution in [0.3, 0.4) is 0 Å². The van der Waals surface area contributed by atoms with Crippen LogP contribution in [0.25, 0.3) is 0 Å². The van der Waals surface area contributed by atoms with Crippen molar-refractivity contribution in [2.45, 2.75) is 309 Å². The monoisotopic (exact) mass is 1160 g/mol. The van der Waals surface area contributed by atoms with Crippen molar-refractivity contribution >= 4 is 17.9 Å². The Labute approximate surface area is 512 Å². The summed E-state index contributed by atoms with van der Waals surface area (Å²) < 4.78 is 23.0. The van der Waals surface area contributed by atoms with Gasteiger partial charge in [-0.1, -0.05) is 284 Å². The first-order valence-electron chi connectivity index (χ1n) is 34.4. The molecule has 478 valence electrons. The van der Waals surface area contributed by atoms with Crippen LogP contribution >= 0.6 is 0 Å². The number of unbranched alkanes of at least 4 members (excludes halogenated alkanes) is 32. The molecule has 0 spiro atoms. The minimum absolute atomic E-state index is 0.184. The van der Waals surface area contributed by atoms with Crippen molar-refractivity contribution in [1.82, 2.24) is 0 Å². The molecule has 2 unspecified atom stereocenters. The highest BCUT2D eigenvalue weighted by Crippen LogP contribution is 2.17. The van der Waals surface area contributed by atoms with Crippen LogP contribution in [0.4, 0.5) is 0 Å². The number of esters is 2. The summed E-state index contributed by atoms with van der Waals surface area (Å²) in [6.45, 7) is 4.77. The van der Waals surface area contributed by atoms with Gasteiger partial charge in [0.1, 0.15) is 13.2 Å². The third-order valence-electron chi connectivity index (χ3n) is 14.8. The van der Waals surface area contributed by atoms with Crippen LogP contribution < -0.4 is 0 Å². The van der Waals surface area contributed by atoms with Crippen molar-refractivity contribution in [3.05, 3.63) is 97.2 Å². The second-order valence-corrected chi connectivity index (χ2v) is 24.1. The average Bonchev–Trinajstić information content (AvgIpc) is 3.46. The van der Waals surface area contributed by atoms with Crippen LogP contribution in [0.1, 0.15) is 296 Å². The van der Waals surface area contributed by atoms with Gasteiger partial charge < -0.3 is 28.5 Å². The maximum Gasteiger partial charge on any atom is 0.361 e. The SMILES string of the molecule is CC/C=C\C/C=C\C/C=C\C/C=C\C/C=C\C/C=C\CCCCCCCCCCCCC(=O)OC(COC(=O)CCCCCCCCCCCCCCCCCCC/C=C\C/C=C\CCCCCCC)COC(OCC[N+](C)(C)C)C(=O)O. The maximum atomic E-state index is 12.9. The molecular formula is C74H130NO8+. The first-order chi connectivity index (χ1) is 40.6. The van der Waals surface area contributed by atoms with E-state index in [1.54, 1.807) is 0 Å². The predicted molar refractivity (Wildman–Crippen MR) is 355 cm³/mol. The predicted octanol–water partition coefficient (Wildman–Crippen LogP) is 21.2. The Morgan fingerprint density at radius 2 is 0.687 bits per heavy atom. The first-order valence-corrected chi connectivity index (χ1v) is 34.4. The third kappa shape index (κ3) is 65.6. The highest BCUT2D eigenvalue weighted by Gasteiger charge is 2.25. The Balaban J connectivity index is 4.15. The lowest BCUT2D eigenvalue weighted by Crippen LogP contribution is -2.40. The molecule has 0 amide bonds. The highest BCUT2D eigenvalue weighted by molar-refractivity contribution is 5.71. The van der Waals surface area contributed by atoms with Gasteiger partial charge in [0.25, 0.3) is 6.29 Å². The zero-order valence-corrected chi connectivity index (χ0v) is 54.6. The van der Waals surface area contributed by atoms with E-state index < -0.39 is 24.3 Å². The van der Waals surface area contributed by atoms with Crippen LogP contribution in [0.15, 0.2) is 97.2 Å². The molecule has 0 radical (unpaired) electrons. The second-order valence-electron chi connectivity index (χ2n) is 24.1. The molecule has 0 rings (SSSR count). The fourth-order valence-electron chi connectivity index (χ4n) is 9.58. The Hall–Kier alpha value is -3.79. The van der Waals surface area contributed by atoms with Crippen molar-refractivity contribution in [2.75, 3.05) is 47.5 Å². The molecular weight excluding hydrogens is 1030 g/mol. The minimum Gasteiger partial charge on any atom is -0.477 e. The van der Waals surface area contributed by atoms with Crippen LogP contribution in [-0.2, 0) is 33.3 Å². The molecule has 2 atom stereocenters. The van der Waals surface area contributed by atoms with Crippen molar-refractivity contribution < 1.29 is 42.9 Å². The fourth-order valence-corrected chi connectivity index (χ4v) is 9.58. The normalized spacial score (nSPS) is 13.3. The number of carbonyl (C=O) groups excluding carboxylic acids is 2. The Kier molecular flexibility index (Phi) is 61.3. The second kappa shape index (κ2) is 64.2. The van der Waals surface area contributed by atoms with Gasteiger partial charge in [-0.2, -0.15) is 0 Å². The molecule has 0 aromatic rings. The van der Waals surface area contributed by atoms with Crippen molar-refractivity contribution in [3.63, 3.8) is 0 Å². The lowest BCUT2D eigenvalue weighted by molar-refractivity contribution is -0.870. The van der Waals surface area contributed by atoms with Crippen LogP contribution in [0, 0.1) is 0 Å². The van der Waals surface area contributed by atoms with E-state index in [4.69, 9.17) is 18.9 Å². The Bertz CT molecular complexity index is 1680. The average molecular weight is 1160 g/mol. The number of hydrogen-bond donors (Lipinski definition) is 1. The van der Waals surface area contributed by atoms with E-state index in [2.05, 4.69) is 111 Å². The smallest absolute Gasteiger partial charge is 0.361 e. The number of quaternary nitrogens is 1. The number of nitrogens with zero attached hydrogens (tertiary/aromatic N) is 1. The standard InChI is InChI=1S/C74H129NO8/c1-6-8-10-12-14-16-18-20-22-24-26-28-30-32-34-36-38-40-42-44-46-48-50-52-54-56-58-60-62-64-71(76)81-68-70(69-82-74(73(78)79)80-67-66-75(3,4)5)83-72(77)65-63-61-59-57-55-53-51-49-47-45-43-41-39-37-35-33-31-29-27-25-23-21-19-17-15-13-11-9-7-2/h9,11,15,17-18,20-21,23-24,26-27,29,33,35,39,41,70,74H,6-8,10,12-14,16,19,22,25,28,30-32,34,36-38,40,42-69H2,1-5H3/p+1/b11-9-,17-15-,20-18-,23-21-,26-24-,29-27-,35-33-,41-39-. The van der Waals surface area contributed by atoms with E-state index in [1.165, 1.54) is 173 Å². The molecule has 9 heteroatoms. The Morgan fingerprint density at radius 1 is 0.373 bits per heavy atom. The largest absolute Gasteiger partial charge is 0.477 e. The number of carboxylic acids is 1. The van der Waals surface area contributed by atoms with E-state index in [1.807, 2.05) is 21.1 Å². The number of aliphatic carboxylic acids is 1. The molecule has 0 saturated carbocycles. The van der Waals surface area contributed by atoms with E-state index >= 15 is 0 Å². The van der Waals surface area contributed by atoms with Crippen molar-refractivity contribution in [2.24, 2.45) is 0 Å². The number of ether oxygens (including phenoxy) is 4. The van der Waals surface area contributed by atoms with Gasteiger partial charge in [-0.25, -0.2) is 4.79 Å². The van der Waals surface area contributed by atoms with Crippen LogP contribution in [0.5, 0.6) is 0 Å². The molecule has 0 aliphatic heterocycles. The summed E-state index contributed by atoms with van der Waals surface area (Å²) in [5, 5.41) is 9.74.